The number of para-hydroxylation sites is 1. The third kappa shape index (κ3) is 3.08. The van der Waals surface area contributed by atoms with Crippen molar-refractivity contribution in [2.45, 2.75) is 13.3 Å². The second-order valence-corrected chi connectivity index (χ2v) is 6.45. The number of fused-ring (bicyclic) bond motifs is 1. The van der Waals surface area contributed by atoms with Crippen LogP contribution in [0, 0.1) is 6.92 Å². The van der Waals surface area contributed by atoms with Gasteiger partial charge in [-0.1, -0.05) is 53.7 Å². The van der Waals surface area contributed by atoms with Gasteiger partial charge >= 0.3 is 0 Å². The van der Waals surface area contributed by atoms with E-state index in [0.29, 0.717) is 23.6 Å². The van der Waals surface area contributed by atoms with Gasteiger partial charge < -0.3 is 14.7 Å². The highest BCUT2D eigenvalue weighted by Gasteiger charge is 2.22. The monoisotopic (exact) mass is 347 g/mol. The van der Waals surface area contributed by atoms with E-state index in [-0.39, 0.29) is 5.91 Å². The molecule has 0 spiro atoms. The quantitative estimate of drug-likeness (QED) is 0.768. The highest BCUT2D eigenvalue weighted by Crippen LogP contribution is 2.27. The lowest BCUT2D eigenvalue weighted by Gasteiger charge is -2.19. The van der Waals surface area contributed by atoms with Gasteiger partial charge in [0.05, 0.1) is 0 Å². The first-order valence-electron chi connectivity index (χ1n) is 8.87. The van der Waals surface area contributed by atoms with Crippen LogP contribution in [0.15, 0.2) is 59.1 Å². The Morgan fingerprint density at radius 1 is 1.15 bits per heavy atom. The Balaban J connectivity index is 1.43. The molecule has 0 atom stereocenters. The van der Waals surface area contributed by atoms with Crippen LogP contribution < -0.4 is 10.2 Å². The summed E-state index contributed by atoms with van der Waals surface area (Å²) in [5, 5.41) is 7.09. The Morgan fingerprint density at radius 3 is 2.77 bits per heavy atom. The van der Waals surface area contributed by atoms with E-state index in [4.69, 9.17) is 4.52 Å². The van der Waals surface area contributed by atoms with E-state index in [9.17, 15) is 4.79 Å². The number of carbonyl (C=O) groups excluding carboxylic acids is 1. The molecular weight excluding hydrogens is 326 g/mol. The Bertz CT molecular complexity index is 918. The molecule has 0 fully saturated rings. The van der Waals surface area contributed by atoms with Crippen LogP contribution in [-0.2, 0) is 6.42 Å². The maximum Gasteiger partial charge on any atom is 0.257 e. The third-order valence-electron chi connectivity index (χ3n) is 4.79. The van der Waals surface area contributed by atoms with E-state index in [2.05, 4.69) is 39.6 Å². The summed E-state index contributed by atoms with van der Waals surface area (Å²) in [4.78, 5) is 15.0. The van der Waals surface area contributed by atoms with Gasteiger partial charge in [-0.05, 0) is 25.0 Å². The maximum atomic E-state index is 12.7. The molecule has 5 nitrogen and oxygen atoms in total. The first kappa shape index (κ1) is 16.4. The number of rotatable bonds is 5. The molecule has 5 heteroatoms. The number of benzene rings is 2. The SMILES string of the molecule is Cc1onc(-c2ccccc2)c1C(=O)NCCN1CCc2ccccc21. The standard InChI is InChI=1S/C21H21N3O2/c1-15-19(20(23-26-15)17-8-3-2-4-9-17)21(25)22-12-14-24-13-11-16-7-5-6-10-18(16)24/h2-10H,11-14H2,1H3,(H,22,25). The van der Waals surface area contributed by atoms with Crippen LogP contribution in [0.4, 0.5) is 5.69 Å². The van der Waals surface area contributed by atoms with Crippen molar-refractivity contribution in [3.63, 3.8) is 0 Å². The largest absolute Gasteiger partial charge is 0.369 e. The summed E-state index contributed by atoms with van der Waals surface area (Å²) >= 11 is 0. The van der Waals surface area contributed by atoms with Crippen LogP contribution in [0.2, 0.25) is 0 Å². The number of amides is 1. The lowest BCUT2D eigenvalue weighted by Crippen LogP contribution is -2.34. The van der Waals surface area contributed by atoms with E-state index in [1.165, 1.54) is 11.3 Å². The van der Waals surface area contributed by atoms with Crippen LogP contribution in [0.1, 0.15) is 21.7 Å². The molecule has 1 amide bonds. The van der Waals surface area contributed by atoms with Crippen molar-refractivity contribution in [1.82, 2.24) is 10.5 Å². The minimum atomic E-state index is -0.143. The van der Waals surface area contributed by atoms with Gasteiger partial charge in [-0.25, -0.2) is 0 Å². The fourth-order valence-electron chi connectivity index (χ4n) is 3.46. The molecule has 3 aromatic rings. The molecule has 0 unspecified atom stereocenters. The first-order chi connectivity index (χ1) is 12.7. The molecule has 0 saturated carbocycles. The highest BCUT2D eigenvalue weighted by molar-refractivity contribution is 6.00. The average Bonchev–Trinajstić information content (AvgIpc) is 3.26. The zero-order valence-corrected chi connectivity index (χ0v) is 14.7. The second-order valence-electron chi connectivity index (χ2n) is 6.45. The summed E-state index contributed by atoms with van der Waals surface area (Å²) in [6.07, 6.45) is 1.06. The molecule has 132 valence electrons. The average molecular weight is 347 g/mol. The van der Waals surface area contributed by atoms with Gasteiger partial charge in [0, 0.05) is 30.9 Å². The highest BCUT2D eigenvalue weighted by atomic mass is 16.5. The number of hydrogen-bond acceptors (Lipinski definition) is 4. The minimum Gasteiger partial charge on any atom is -0.369 e. The van der Waals surface area contributed by atoms with Gasteiger partial charge in [-0.15, -0.1) is 0 Å². The van der Waals surface area contributed by atoms with Gasteiger partial charge in [0.1, 0.15) is 17.0 Å². The van der Waals surface area contributed by atoms with Crippen LogP contribution in [-0.4, -0.2) is 30.7 Å². The molecular formula is C21H21N3O2. The van der Waals surface area contributed by atoms with E-state index in [0.717, 1.165) is 25.1 Å². The van der Waals surface area contributed by atoms with Gasteiger partial charge in [-0.3, -0.25) is 4.79 Å². The van der Waals surface area contributed by atoms with E-state index >= 15 is 0 Å². The predicted molar refractivity (Wildman–Crippen MR) is 101 cm³/mol. The summed E-state index contributed by atoms with van der Waals surface area (Å²) in [5.41, 5.74) is 4.63. The molecule has 1 aromatic heterocycles. The second kappa shape index (κ2) is 7.04. The Labute approximate surface area is 152 Å². The number of aryl methyl sites for hydroxylation is 1. The van der Waals surface area contributed by atoms with Crippen LogP contribution in [0.3, 0.4) is 0 Å². The summed E-state index contributed by atoms with van der Waals surface area (Å²) in [6.45, 7) is 4.13. The van der Waals surface area contributed by atoms with Crippen LogP contribution in [0.25, 0.3) is 11.3 Å². The van der Waals surface area contributed by atoms with Crippen LogP contribution in [0.5, 0.6) is 0 Å². The molecule has 2 aromatic carbocycles. The number of anilines is 1. The molecule has 2 heterocycles. The molecule has 4 rings (SSSR count). The first-order valence-corrected chi connectivity index (χ1v) is 8.87. The molecule has 1 N–H and O–H groups in total. The van der Waals surface area contributed by atoms with Crippen molar-refractivity contribution < 1.29 is 9.32 Å². The van der Waals surface area contributed by atoms with E-state index in [1.807, 2.05) is 30.3 Å². The number of nitrogens with one attached hydrogen (secondary N) is 1. The number of carbonyl (C=O) groups is 1. The molecule has 0 radical (unpaired) electrons. The Kier molecular flexibility index (Phi) is 4.44. The Hall–Kier alpha value is -3.08. The molecule has 1 aliphatic rings. The molecule has 0 saturated heterocycles. The fourth-order valence-corrected chi connectivity index (χ4v) is 3.46. The number of aromatic nitrogens is 1. The van der Waals surface area contributed by atoms with Crippen molar-refractivity contribution in [2.24, 2.45) is 0 Å². The summed E-state index contributed by atoms with van der Waals surface area (Å²) in [7, 11) is 0. The summed E-state index contributed by atoms with van der Waals surface area (Å²) in [6, 6.07) is 18.1. The van der Waals surface area contributed by atoms with E-state index < -0.39 is 0 Å². The van der Waals surface area contributed by atoms with Crippen molar-refractivity contribution >= 4 is 11.6 Å². The third-order valence-corrected chi connectivity index (χ3v) is 4.79. The Morgan fingerprint density at radius 2 is 1.92 bits per heavy atom. The normalized spacial score (nSPS) is 12.9. The zero-order chi connectivity index (χ0) is 17.9. The summed E-state index contributed by atoms with van der Waals surface area (Å²) in [5.74, 6) is 0.392. The van der Waals surface area contributed by atoms with E-state index in [1.54, 1.807) is 6.92 Å². The van der Waals surface area contributed by atoms with Crippen molar-refractivity contribution in [3.8, 4) is 11.3 Å². The lowest BCUT2D eigenvalue weighted by atomic mass is 10.1. The van der Waals surface area contributed by atoms with Crippen molar-refractivity contribution in [1.29, 1.82) is 0 Å². The minimum absolute atomic E-state index is 0.143. The van der Waals surface area contributed by atoms with Gasteiger partial charge in [0.15, 0.2) is 0 Å². The topological polar surface area (TPSA) is 58.4 Å². The van der Waals surface area contributed by atoms with Gasteiger partial charge in [0.25, 0.3) is 5.91 Å². The van der Waals surface area contributed by atoms with Gasteiger partial charge in [0.2, 0.25) is 0 Å². The molecule has 0 bridgehead atoms. The number of hydrogen-bond donors (Lipinski definition) is 1. The fraction of sp³-hybridized carbons (Fsp3) is 0.238. The summed E-state index contributed by atoms with van der Waals surface area (Å²) < 4.78 is 5.28. The molecule has 26 heavy (non-hydrogen) atoms. The maximum absolute atomic E-state index is 12.7. The smallest absolute Gasteiger partial charge is 0.257 e. The van der Waals surface area contributed by atoms with Crippen molar-refractivity contribution in [3.05, 3.63) is 71.5 Å². The zero-order valence-electron chi connectivity index (χ0n) is 14.7. The molecule has 1 aliphatic heterocycles. The van der Waals surface area contributed by atoms with Crippen LogP contribution >= 0.6 is 0 Å². The lowest BCUT2D eigenvalue weighted by molar-refractivity contribution is 0.0953. The van der Waals surface area contributed by atoms with Gasteiger partial charge in [-0.2, -0.15) is 0 Å². The predicted octanol–water partition coefficient (Wildman–Crippen LogP) is 3.44. The number of nitrogens with zero attached hydrogens (tertiary/aromatic N) is 2. The molecule has 0 aliphatic carbocycles. The van der Waals surface area contributed by atoms with Crippen molar-refractivity contribution in [2.75, 3.05) is 24.5 Å².